The zero-order valence-corrected chi connectivity index (χ0v) is 28.3. The summed E-state index contributed by atoms with van der Waals surface area (Å²) in [5, 5.41) is 11.0. The Bertz CT molecular complexity index is 1790. The van der Waals surface area contributed by atoms with Crippen molar-refractivity contribution in [1.29, 1.82) is 0 Å². The molecule has 4 aromatic rings. The summed E-state index contributed by atoms with van der Waals surface area (Å²) in [4.78, 5) is 36.7. The molecule has 246 valence electrons. The van der Waals surface area contributed by atoms with Gasteiger partial charge in [-0.3, -0.25) is 24.6 Å². The predicted octanol–water partition coefficient (Wildman–Crippen LogP) is 4.82. The van der Waals surface area contributed by atoms with Crippen LogP contribution in [0.4, 0.5) is 0 Å². The van der Waals surface area contributed by atoms with Crippen molar-refractivity contribution in [3.05, 3.63) is 70.2 Å². The van der Waals surface area contributed by atoms with E-state index in [-0.39, 0.29) is 5.91 Å². The van der Waals surface area contributed by atoms with Crippen LogP contribution in [-0.4, -0.2) is 105 Å². The summed E-state index contributed by atoms with van der Waals surface area (Å²) in [5.41, 5.74) is 4.69. The number of amides is 1. The van der Waals surface area contributed by atoms with Gasteiger partial charge in [0.05, 0.1) is 53.6 Å². The molecule has 2 fully saturated rings. The number of hydrogen-bond acceptors (Lipinski definition) is 10. The van der Waals surface area contributed by atoms with E-state index in [2.05, 4.69) is 14.8 Å². The number of hydrogen-bond donors (Lipinski definition) is 1. The quantitative estimate of drug-likeness (QED) is 0.264. The molecule has 0 bridgehead atoms. The van der Waals surface area contributed by atoms with E-state index < -0.39 is 5.60 Å². The average Bonchev–Trinajstić information content (AvgIpc) is 3.05. The Morgan fingerprint density at radius 3 is 1.66 bits per heavy atom. The highest BCUT2D eigenvalue weighted by Crippen LogP contribution is 2.42. The molecule has 2 aromatic heterocycles. The number of β-amino-alcohol motifs (C(OH)–C–C–N with tert-alkyl or cyclic N) is 1. The van der Waals surface area contributed by atoms with Crippen molar-refractivity contribution in [2.24, 2.45) is 0 Å². The largest absolute Gasteiger partial charge is 0.480 e. The van der Waals surface area contributed by atoms with E-state index >= 15 is 0 Å². The Morgan fingerprint density at radius 1 is 0.787 bits per heavy atom. The Labute approximate surface area is 284 Å². The van der Waals surface area contributed by atoms with E-state index in [4.69, 9.17) is 47.6 Å². The second kappa shape index (κ2) is 13.7. The molecular weight excluding hydrogens is 641 g/mol. The zero-order valence-electron chi connectivity index (χ0n) is 26.8. The lowest BCUT2D eigenvalue weighted by Crippen LogP contribution is -2.59. The van der Waals surface area contributed by atoms with Gasteiger partial charge >= 0.3 is 0 Å². The van der Waals surface area contributed by atoms with E-state index in [1.165, 1.54) is 0 Å². The fraction of sp³-hybridized carbons (Fsp3) is 0.382. The summed E-state index contributed by atoms with van der Waals surface area (Å²) in [6.45, 7) is 8.51. The van der Waals surface area contributed by atoms with Crippen LogP contribution < -0.4 is 9.47 Å². The lowest BCUT2D eigenvalue weighted by Gasteiger charge is -2.44. The minimum atomic E-state index is -0.677. The third-order valence-corrected chi connectivity index (χ3v) is 9.36. The number of likely N-dealkylation sites (tertiary alicyclic amines) is 1. The fourth-order valence-corrected chi connectivity index (χ4v) is 6.80. The van der Waals surface area contributed by atoms with Crippen molar-refractivity contribution in [3.8, 4) is 45.4 Å². The van der Waals surface area contributed by atoms with Crippen LogP contribution in [0.5, 0.6) is 11.8 Å². The summed E-state index contributed by atoms with van der Waals surface area (Å²) in [7, 11) is 3.14. The fourth-order valence-electron chi connectivity index (χ4n) is 6.15. The van der Waals surface area contributed by atoms with E-state index in [1.807, 2.05) is 48.2 Å². The SMILES string of the molecule is COc1nc(-c2cccc(-c3cccc(-c4cnc(CN5CC(C)(O)C5)c(OC)n4)c3Cl)c2Cl)cnc1CN1CCN(C(C)=O)CC1. The van der Waals surface area contributed by atoms with E-state index in [0.29, 0.717) is 89.3 Å². The first-order valence-electron chi connectivity index (χ1n) is 15.4. The van der Waals surface area contributed by atoms with Gasteiger partial charge in [-0.2, -0.15) is 0 Å². The maximum absolute atomic E-state index is 11.7. The number of rotatable bonds is 9. The highest BCUT2D eigenvalue weighted by atomic mass is 35.5. The minimum Gasteiger partial charge on any atom is -0.480 e. The number of carbonyl (C=O) groups is 1. The summed E-state index contributed by atoms with van der Waals surface area (Å²) in [5.74, 6) is 0.926. The number of methoxy groups -OCH3 is 2. The normalized spacial score (nSPS) is 16.5. The maximum Gasteiger partial charge on any atom is 0.237 e. The summed E-state index contributed by atoms with van der Waals surface area (Å²) < 4.78 is 11.2. The molecule has 6 rings (SSSR count). The predicted molar refractivity (Wildman–Crippen MR) is 180 cm³/mol. The molecule has 2 saturated heterocycles. The van der Waals surface area contributed by atoms with Crippen LogP contribution in [0, 0.1) is 0 Å². The van der Waals surface area contributed by atoms with E-state index in [1.54, 1.807) is 33.5 Å². The van der Waals surface area contributed by atoms with Crippen molar-refractivity contribution in [3.63, 3.8) is 0 Å². The van der Waals surface area contributed by atoms with Gasteiger partial charge in [0, 0.05) is 81.5 Å². The number of halogens is 2. The number of piperazine rings is 1. The van der Waals surface area contributed by atoms with Gasteiger partial charge < -0.3 is 19.5 Å². The molecule has 1 amide bonds. The molecule has 1 N–H and O–H groups in total. The van der Waals surface area contributed by atoms with Gasteiger partial charge in [0.1, 0.15) is 11.4 Å². The van der Waals surface area contributed by atoms with Gasteiger partial charge in [-0.15, -0.1) is 0 Å². The van der Waals surface area contributed by atoms with Crippen LogP contribution in [0.25, 0.3) is 33.6 Å². The Balaban J connectivity index is 1.25. The highest BCUT2D eigenvalue weighted by molar-refractivity contribution is 6.39. The highest BCUT2D eigenvalue weighted by Gasteiger charge is 2.37. The third kappa shape index (κ3) is 7.05. The molecule has 0 atom stereocenters. The van der Waals surface area contributed by atoms with Crippen molar-refractivity contribution in [2.75, 3.05) is 53.5 Å². The lowest BCUT2D eigenvalue weighted by atomic mass is 9.97. The summed E-state index contributed by atoms with van der Waals surface area (Å²) in [6, 6.07) is 11.4. The second-order valence-corrected chi connectivity index (χ2v) is 12.9. The molecule has 0 aliphatic carbocycles. The third-order valence-electron chi connectivity index (χ3n) is 8.54. The molecule has 0 radical (unpaired) electrons. The van der Waals surface area contributed by atoms with Gasteiger partial charge in [0.2, 0.25) is 17.7 Å². The van der Waals surface area contributed by atoms with Gasteiger partial charge in [0.15, 0.2) is 0 Å². The monoisotopic (exact) mass is 677 g/mol. The van der Waals surface area contributed by atoms with Crippen LogP contribution in [0.1, 0.15) is 25.2 Å². The Hall–Kier alpha value is -3.87. The van der Waals surface area contributed by atoms with Crippen LogP contribution in [0.3, 0.4) is 0 Å². The molecular formula is C34H37Cl2N7O4. The molecule has 2 aromatic carbocycles. The van der Waals surface area contributed by atoms with Gasteiger partial charge in [-0.1, -0.05) is 59.6 Å². The number of nitrogens with zero attached hydrogens (tertiary/aromatic N) is 7. The number of carbonyl (C=O) groups excluding carboxylic acids is 1. The van der Waals surface area contributed by atoms with Gasteiger partial charge in [0.25, 0.3) is 0 Å². The lowest BCUT2D eigenvalue weighted by molar-refractivity contribution is -0.130. The van der Waals surface area contributed by atoms with Crippen molar-refractivity contribution in [1.82, 2.24) is 34.6 Å². The van der Waals surface area contributed by atoms with E-state index in [0.717, 1.165) is 29.9 Å². The number of aliphatic hydroxyl groups is 1. The second-order valence-electron chi connectivity index (χ2n) is 12.2. The molecule has 0 unspecified atom stereocenters. The molecule has 13 heteroatoms. The van der Waals surface area contributed by atoms with Crippen LogP contribution in [0.15, 0.2) is 48.8 Å². The molecule has 2 aliphatic heterocycles. The number of aromatic nitrogens is 4. The molecule has 4 heterocycles. The number of ether oxygens (including phenoxy) is 2. The topological polar surface area (TPSA) is 117 Å². The minimum absolute atomic E-state index is 0.0939. The molecule has 0 saturated carbocycles. The Morgan fingerprint density at radius 2 is 1.23 bits per heavy atom. The smallest absolute Gasteiger partial charge is 0.237 e. The van der Waals surface area contributed by atoms with Crippen molar-refractivity contribution >= 4 is 29.1 Å². The standard InChI is InChI=1S/C34H37Cl2N7O4/c1-21(44)43-13-11-41(12-14-43)17-28-32(46-3)39-26(15-37-28)24-9-5-7-22(30(24)35)23-8-6-10-25(31(23)36)27-16-38-29(33(40-27)47-4)18-42-19-34(2,45)20-42/h5-10,15-16,45H,11-14,17-20H2,1-4H3. The molecule has 2 aliphatic rings. The van der Waals surface area contributed by atoms with E-state index in [9.17, 15) is 9.90 Å². The first-order valence-corrected chi connectivity index (χ1v) is 16.1. The van der Waals surface area contributed by atoms with Crippen molar-refractivity contribution in [2.45, 2.75) is 32.5 Å². The van der Waals surface area contributed by atoms with Gasteiger partial charge in [-0.25, -0.2) is 9.97 Å². The van der Waals surface area contributed by atoms with Gasteiger partial charge in [-0.05, 0) is 6.92 Å². The summed E-state index contributed by atoms with van der Waals surface area (Å²) in [6.07, 6.45) is 3.39. The number of benzene rings is 2. The molecule has 0 spiro atoms. The average molecular weight is 679 g/mol. The van der Waals surface area contributed by atoms with Crippen molar-refractivity contribution < 1.29 is 19.4 Å². The van der Waals surface area contributed by atoms with Crippen LogP contribution in [0.2, 0.25) is 10.0 Å². The molecule has 47 heavy (non-hydrogen) atoms. The molecule has 11 nitrogen and oxygen atoms in total. The first-order chi connectivity index (χ1) is 22.6. The van der Waals surface area contributed by atoms with Crippen LogP contribution in [-0.2, 0) is 17.9 Å². The maximum atomic E-state index is 11.7. The summed E-state index contributed by atoms with van der Waals surface area (Å²) >= 11 is 14.1. The zero-order chi connectivity index (χ0) is 33.3. The first kappa shape index (κ1) is 33.0. The Kier molecular flexibility index (Phi) is 9.63. The van der Waals surface area contributed by atoms with Crippen LogP contribution >= 0.6 is 23.2 Å².